The molecule has 1 saturated heterocycles. The lowest BCUT2D eigenvalue weighted by molar-refractivity contribution is -0.121. The van der Waals surface area contributed by atoms with Crippen molar-refractivity contribution in [3.8, 4) is 0 Å². The SMILES string of the molecule is O=C1CC(=O)N(c2c[nH]ccc2=O)C1. The molecule has 1 aliphatic rings. The van der Waals surface area contributed by atoms with E-state index >= 15 is 0 Å². The Morgan fingerprint density at radius 1 is 1.29 bits per heavy atom. The molecular weight excluding hydrogens is 184 g/mol. The second-order valence-electron chi connectivity index (χ2n) is 3.09. The van der Waals surface area contributed by atoms with E-state index in [-0.39, 0.29) is 35.8 Å². The van der Waals surface area contributed by atoms with Crippen LogP contribution in [-0.4, -0.2) is 23.2 Å². The predicted octanol–water partition coefficient (Wildman–Crippen LogP) is -0.319. The van der Waals surface area contributed by atoms with Gasteiger partial charge in [0.05, 0.1) is 13.0 Å². The van der Waals surface area contributed by atoms with Gasteiger partial charge in [0.15, 0.2) is 5.78 Å². The van der Waals surface area contributed by atoms with Crippen LogP contribution in [0, 0.1) is 0 Å². The van der Waals surface area contributed by atoms with Gasteiger partial charge in [-0.25, -0.2) is 0 Å². The number of pyridine rings is 1. The molecule has 0 atom stereocenters. The quantitative estimate of drug-likeness (QED) is 0.620. The van der Waals surface area contributed by atoms with Crippen LogP contribution in [0.2, 0.25) is 0 Å². The Kier molecular flexibility index (Phi) is 1.92. The molecule has 14 heavy (non-hydrogen) atoms. The fourth-order valence-electron chi connectivity index (χ4n) is 1.42. The lowest BCUT2D eigenvalue weighted by Gasteiger charge is -2.12. The Morgan fingerprint density at radius 2 is 2.07 bits per heavy atom. The van der Waals surface area contributed by atoms with Crippen LogP contribution in [0.15, 0.2) is 23.3 Å². The summed E-state index contributed by atoms with van der Waals surface area (Å²) in [5.41, 5.74) is -0.0184. The van der Waals surface area contributed by atoms with Crippen molar-refractivity contribution >= 4 is 17.4 Å². The number of nitrogens with zero attached hydrogens (tertiary/aromatic N) is 1. The summed E-state index contributed by atoms with van der Waals surface area (Å²) in [7, 11) is 0. The maximum Gasteiger partial charge on any atom is 0.235 e. The maximum absolute atomic E-state index is 11.3. The minimum absolute atomic E-state index is 0.00588. The molecule has 1 fully saturated rings. The van der Waals surface area contributed by atoms with E-state index in [0.717, 1.165) is 0 Å². The maximum atomic E-state index is 11.3. The second kappa shape index (κ2) is 3.10. The van der Waals surface area contributed by atoms with Crippen LogP contribution < -0.4 is 10.3 Å². The number of Topliss-reactive ketones (excluding diaryl/α,β-unsaturated/α-hetero) is 1. The summed E-state index contributed by atoms with van der Waals surface area (Å²) in [4.78, 5) is 37.5. The van der Waals surface area contributed by atoms with Gasteiger partial charge in [-0.05, 0) is 0 Å². The molecular formula is C9H8N2O3. The smallest absolute Gasteiger partial charge is 0.235 e. The molecule has 1 aromatic heterocycles. The van der Waals surface area contributed by atoms with E-state index in [4.69, 9.17) is 0 Å². The molecule has 72 valence electrons. The Morgan fingerprint density at radius 3 is 2.64 bits per heavy atom. The standard InChI is InChI=1S/C9H8N2O3/c12-6-3-9(14)11(5-6)7-4-10-2-1-8(7)13/h1-2,4H,3,5H2,(H,10,13). The zero-order valence-electron chi connectivity index (χ0n) is 7.32. The number of aromatic amines is 1. The number of H-pyrrole nitrogens is 1. The average Bonchev–Trinajstić information content (AvgIpc) is 2.46. The van der Waals surface area contributed by atoms with Crippen LogP contribution in [0.25, 0.3) is 0 Å². The highest BCUT2D eigenvalue weighted by molar-refractivity contribution is 6.14. The zero-order chi connectivity index (χ0) is 10.1. The van der Waals surface area contributed by atoms with Gasteiger partial charge in [0.1, 0.15) is 5.69 Å². The molecule has 2 rings (SSSR count). The number of aromatic nitrogens is 1. The Hall–Kier alpha value is -1.91. The van der Waals surface area contributed by atoms with Gasteiger partial charge < -0.3 is 4.98 Å². The summed E-state index contributed by atoms with van der Waals surface area (Å²) in [6, 6.07) is 1.32. The summed E-state index contributed by atoms with van der Waals surface area (Å²) in [6.45, 7) is 0.00588. The number of anilines is 1. The molecule has 2 heterocycles. The summed E-state index contributed by atoms with van der Waals surface area (Å²) in [6.07, 6.45) is 2.81. The van der Waals surface area contributed by atoms with E-state index in [2.05, 4.69) is 4.98 Å². The molecule has 1 aromatic rings. The fourth-order valence-corrected chi connectivity index (χ4v) is 1.42. The van der Waals surface area contributed by atoms with Gasteiger partial charge in [-0.1, -0.05) is 0 Å². The van der Waals surface area contributed by atoms with Crippen molar-refractivity contribution in [1.82, 2.24) is 4.98 Å². The van der Waals surface area contributed by atoms with Gasteiger partial charge in [0.2, 0.25) is 11.3 Å². The van der Waals surface area contributed by atoms with Crippen molar-refractivity contribution in [2.75, 3.05) is 11.4 Å². The number of amides is 1. The molecule has 0 bridgehead atoms. The summed E-state index contributed by atoms with van der Waals surface area (Å²) < 4.78 is 0. The van der Waals surface area contributed by atoms with E-state index < -0.39 is 0 Å². The van der Waals surface area contributed by atoms with Gasteiger partial charge in [-0.15, -0.1) is 0 Å². The lowest BCUT2D eigenvalue weighted by Crippen LogP contribution is -2.29. The highest BCUT2D eigenvalue weighted by Gasteiger charge is 2.29. The number of nitrogens with one attached hydrogen (secondary N) is 1. The van der Waals surface area contributed by atoms with E-state index in [1.54, 1.807) is 0 Å². The molecule has 5 nitrogen and oxygen atoms in total. The molecule has 0 saturated carbocycles. The first kappa shape index (κ1) is 8.68. The van der Waals surface area contributed by atoms with E-state index in [1.165, 1.54) is 23.4 Å². The number of carbonyl (C=O) groups is 2. The van der Waals surface area contributed by atoms with E-state index in [1.807, 2.05) is 0 Å². The first-order chi connectivity index (χ1) is 6.68. The topological polar surface area (TPSA) is 70.2 Å². The van der Waals surface area contributed by atoms with Crippen LogP contribution >= 0.6 is 0 Å². The van der Waals surface area contributed by atoms with Crippen LogP contribution in [0.1, 0.15) is 6.42 Å². The third-order valence-electron chi connectivity index (χ3n) is 2.08. The van der Waals surface area contributed by atoms with Gasteiger partial charge in [0, 0.05) is 18.5 Å². The number of hydrogen-bond donors (Lipinski definition) is 1. The van der Waals surface area contributed by atoms with Gasteiger partial charge >= 0.3 is 0 Å². The fraction of sp³-hybridized carbons (Fsp3) is 0.222. The van der Waals surface area contributed by atoms with Crippen molar-refractivity contribution in [3.05, 3.63) is 28.7 Å². The van der Waals surface area contributed by atoms with Gasteiger partial charge in [-0.2, -0.15) is 0 Å². The van der Waals surface area contributed by atoms with Crippen LogP contribution in [0.5, 0.6) is 0 Å². The highest BCUT2D eigenvalue weighted by Crippen LogP contribution is 2.13. The number of hydrogen-bond acceptors (Lipinski definition) is 3. The molecule has 5 heteroatoms. The zero-order valence-corrected chi connectivity index (χ0v) is 7.32. The van der Waals surface area contributed by atoms with Gasteiger partial charge in [0.25, 0.3) is 0 Å². The van der Waals surface area contributed by atoms with Crippen molar-refractivity contribution < 1.29 is 9.59 Å². The first-order valence-corrected chi connectivity index (χ1v) is 4.17. The number of carbonyl (C=O) groups excluding carboxylic acids is 2. The van der Waals surface area contributed by atoms with Crippen molar-refractivity contribution in [1.29, 1.82) is 0 Å². The number of ketones is 1. The molecule has 1 N–H and O–H groups in total. The van der Waals surface area contributed by atoms with E-state index in [9.17, 15) is 14.4 Å². The Labute approximate surface area is 79.3 Å². The van der Waals surface area contributed by atoms with Crippen molar-refractivity contribution in [2.45, 2.75) is 6.42 Å². The normalized spacial score (nSPS) is 16.4. The monoisotopic (exact) mass is 192 g/mol. The lowest BCUT2D eigenvalue weighted by atomic mass is 10.3. The highest BCUT2D eigenvalue weighted by atomic mass is 16.2. The summed E-state index contributed by atoms with van der Waals surface area (Å²) >= 11 is 0. The largest absolute Gasteiger partial charge is 0.366 e. The van der Waals surface area contributed by atoms with E-state index in [0.29, 0.717) is 0 Å². The minimum Gasteiger partial charge on any atom is -0.366 e. The molecule has 1 aliphatic heterocycles. The minimum atomic E-state index is -0.313. The molecule has 0 unspecified atom stereocenters. The van der Waals surface area contributed by atoms with Gasteiger partial charge in [-0.3, -0.25) is 19.3 Å². The van der Waals surface area contributed by atoms with Crippen molar-refractivity contribution in [2.24, 2.45) is 0 Å². The molecule has 0 spiro atoms. The van der Waals surface area contributed by atoms with Crippen LogP contribution in [0.3, 0.4) is 0 Å². The molecule has 1 amide bonds. The predicted molar refractivity (Wildman–Crippen MR) is 49.0 cm³/mol. The average molecular weight is 192 g/mol. The molecule has 0 aliphatic carbocycles. The third-order valence-corrected chi connectivity index (χ3v) is 2.08. The Balaban J connectivity index is 2.41. The summed E-state index contributed by atoms with van der Waals surface area (Å²) in [5.74, 6) is -0.468. The first-order valence-electron chi connectivity index (χ1n) is 4.17. The third kappa shape index (κ3) is 1.32. The van der Waals surface area contributed by atoms with Crippen molar-refractivity contribution in [3.63, 3.8) is 0 Å². The summed E-state index contributed by atoms with van der Waals surface area (Å²) in [5, 5.41) is 0. The van der Waals surface area contributed by atoms with Crippen LogP contribution in [0.4, 0.5) is 5.69 Å². The second-order valence-corrected chi connectivity index (χ2v) is 3.09. The van der Waals surface area contributed by atoms with Crippen LogP contribution in [-0.2, 0) is 9.59 Å². The molecule has 0 aromatic carbocycles. The number of rotatable bonds is 1. The molecule has 0 radical (unpaired) electrons. The Bertz CT molecular complexity index is 449.